The number of nitrogens with zero attached hydrogens (tertiary/aromatic N) is 5. The van der Waals surface area contributed by atoms with Crippen molar-refractivity contribution >= 4 is 34.9 Å². The van der Waals surface area contributed by atoms with Gasteiger partial charge in [0.1, 0.15) is 6.54 Å². The zero-order valence-corrected chi connectivity index (χ0v) is 19.0. The van der Waals surface area contributed by atoms with Gasteiger partial charge < -0.3 is 10.6 Å². The van der Waals surface area contributed by atoms with Crippen molar-refractivity contribution in [2.75, 3.05) is 17.2 Å². The van der Waals surface area contributed by atoms with Crippen molar-refractivity contribution in [2.24, 2.45) is 0 Å². The minimum absolute atomic E-state index is 0.312. The van der Waals surface area contributed by atoms with Crippen molar-refractivity contribution in [1.29, 1.82) is 0 Å². The molecular weight excluding hydrogens is 446 g/mol. The molecule has 1 aliphatic heterocycles. The van der Waals surface area contributed by atoms with Crippen LogP contribution in [0, 0.1) is 13.8 Å². The Morgan fingerprint density at radius 3 is 2.09 bits per heavy atom. The summed E-state index contributed by atoms with van der Waals surface area (Å²) in [6, 6.07) is 19.1. The molecular formula is C25H21N7O3. The first-order chi connectivity index (χ1) is 16.9. The summed E-state index contributed by atoms with van der Waals surface area (Å²) in [6.07, 6.45) is 0. The SMILES string of the molecule is Cc1cc(C)n(-c2ccc(Nc3ccc(NC(=O)CN4C(=O)c5ccccc5C4=O)cc3)nn2)n1. The van der Waals surface area contributed by atoms with E-state index < -0.39 is 17.7 Å². The van der Waals surface area contributed by atoms with E-state index in [2.05, 4.69) is 25.9 Å². The van der Waals surface area contributed by atoms with Gasteiger partial charge in [0.2, 0.25) is 5.91 Å². The van der Waals surface area contributed by atoms with Crippen LogP contribution in [0.25, 0.3) is 5.82 Å². The van der Waals surface area contributed by atoms with Crippen LogP contribution in [0.2, 0.25) is 0 Å². The summed E-state index contributed by atoms with van der Waals surface area (Å²) in [7, 11) is 0. The number of nitrogens with one attached hydrogen (secondary N) is 2. The summed E-state index contributed by atoms with van der Waals surface area (Å²) < 4.78 is 1.73. The second kappa shape index (κ2) is 8.82. The van der Waals surface area contributed by atoms with Crippen molar-refractivity contribution < 1.29 is 14.4 Å². The third kappa shape index (κ3) is 4.36. The summed E-state index contributed by atoms with van der Waals surface area (Å²) in [6.45, 7) is 3.51. The Morgan fingerprint density at radius 2 is 1.51 bits per heavy atom. The van der Waals surface area contributed by atoms with E-state index in [1.54, 1.807) is 59.3 Å². The van der Waals surface area contributed by atoms with E-state index in [4.69, 9.17) is 0 Å². The number of rotatable bonds is 6. The number of carbonyl (C=O) groups excluding carboxylic acids is 3. The summed E-state index contributed by atoms with van der Waals surface area (Å²) in [5, 5.41) is 18.7. The predicted molar refractivity (Wildman–Crippen MR) is 129 cm³/mol. The lowest BCUT2D eigenvalue weighted by molar-refractivity contribution is -0.116. The number of anilines is 3. The Labute approximate surface area is 200 Å². The highest BCUT2D eigenvalue weighted by Crippen LogP contribution is 2.23. The lowest BCUT2D eigenvalue weighted by Gasteiger charge is -2.14. The lowest BCUT2D eigenvalue weighted by atomic mass is 10.1. The van der Waals surface area contributed by atoms with Crippen LogP contribution < -0.4 is 10.6 Å². The van der Waals surface area contributed by atoms with Gasteiger partial charge in [-0.05, 0) is 68.4 Å². The van der Waals surface area contributed by atoms with E-state index in [1.807, 2.05) is 26.0 Å². The number of hydrogen-bond donors (Lipinski definition) is 2. The van der Waals surface area contributed by atoms with Crippen LogP contribution in [0.5, 0.6) is 0 Å². The van der Waals surface area contributed by atoms with Crippen LogP contribution in [0.3, 0.4) is 0 Å². The minimum atomic E-state index is -0.467. The van der Waals surface area contributed by atoms with Gasteiger partial charge in [0.05, 0.1) is 16.8 Å². The minimum Gasteiger partial charge on any atom is -0.339 e. The van der Waals surface area contributed by atoms with Crippen molar-refractivity contribution in [1.82, 2.24) is 24.9 Å². The van der Waals surface area contributed by atoms with Crippen LogP contribution in [0.1, 0.15) is 32.1 Å². The lowest BCUT2D eigenvalue weighted by Crippen LogP contribution is -2.37. The number of imide groups is 1. The molecule has 4 aromatic rings. The number of aryl methyl sites for hydroxylation is 2. The maximum atomic E-state index is 12.5. The van der Waals surface area contributed by atoms with Crippen molar-refractivity contribution in [2.45, 2.75) is 13.8 Å². The molecule has 10 nitrogen and oxygen atoms in total. The number of carbonyl (C=O) groups is 3. The van der Waals surface area contributed by atoms with Gasteiger partial charge in [0.15, 0.2) is 11.6 Å². The highest BCUT2D eigenvalue weighted by molar-refractivity contribution is 6.22. The van der Waals surface area contributed by atoms with Crippen LogP contribution in [-0.2, 0) is 4.79 Å². The molecule has 174 valence electrons. The molecule has 0 atom stereocenters. The normalized spacial score (nSPS) is 12.6. The average Bonchev–Trinajstić information content (AvgIpc) is 3.32. The van der Waals surface area contributed by atoms with E-state index in [9.17, 15) is 14.4 Å². The second-order valence-corrected chi connectivity index (χ2v) is 8.11. The summed E-state index contributed by atoms with van der Waals surface area (Å²) in [5.74, 6) is -0.226. The molecule has 1 aliphatic rings. The molecule has 0 unspecified atom stereocenters. The molecule has 10 heteroatoms. The molecule has 3 heterocycles. The maximum Gasteiger partial charge on any atom is 0.262 e. The quantitative estimate of drug-likeness (QED) is 0.417. The monoisotopic (exact) mass is 467 g/mol. The summed E-state index contributed by atoms with van der Waals surface area (Å²) >= 11 is 0. The van der Waals surface area contributed by atoms with Gasteiger partial charge in [-0.2, -0.15) is 5.10 Å². The van der Waals surface area contributed by atoms with Crippen LogP contribution in [-0.4, -0.2) is 49.1 Å². The fourth-order valence-electron chi connectivity index (χ4n) is 3.88. The number of aromatic nitrogens is 4. The molecule has 35 heavy (non-hydrogen) atoms. The number of fused-ring (bicyclic) bond motifs is 1. The van der Waals surface area contributed by atoms with Crippen molar-refractivity contribution in [3.05, 3.63) is 89.2 Å². The highest BCUT2D eigenvalue weighted by Gasteiger charge is 2.36. The second-order valence-electron chi connectivity index (χ2n) is 8.11. The molecule has 0 saturated heterocycles. The standard InChI is InChI=1S/C25H21N7O3/c1-15-13-16(2)32(30-15)22-12-11-21(28-29-22)26-17-7-9-18(10-8-17)27-23(33)14-31-24(34)19-5-3-4-6-20(19)25(31)35/h3-13H,14H2,1-2H3,(H,26,28)(H,27,33). The molecule has 2 N–H and O–H groups in total. The highest BCUT2D eigenvalue weighted by atomic mass is 16.2. The van der Waals surface area contributed by atoms with Gasteiger partial charge in [0, 0.05) is 17.1 Å². The van der Waals surface area contributed by atoms with Crippen LogP contribution in [0.15, 0.2) is 66.7 Å². The van der Waals surface area contributed by atoms with E-state index in [-0.39, 0.29) is 6.54 Å². The van der Waals surface area contributed by atoms with E-state index in [0.29, 0.717) is 28.5 Å². The smallest absolute Gasteiger partial charge is 0.262 e. The molecule has 2 aromatic heterocycles. The Bertz CT molecular complexity index is 1410. The Morgan fingerprint density at radius 1 is 0.857 bits per heavy atom. The zero-order chi connectivity index (χ0) is 24.5. The number of amides is 3. The Kier molecular flexibility index (Phi) is 5.54. The van der Waals surface area contributed by atoms with Crippen molar-refractivity contribution in [3.8, 4) is 5.82 Å². The molecule has 0 spiro atoms. The van der Waals surface area contributed by atoms with Gasteiger partial charge in [0.25, 0.3) is 11.8 Å². The van der Waals surface area contributed by atoms with Crippen LogP contribution in [0.4, 0.5) is 17.2 Å². The van der Waals surface area contributed by atoms with E-state index >= 15 is 0 Å². The number of hydrogen-bond acceptors (Lipinski definition) is 7. The van der Waals surface area contributed by atoms with E-state index in [1.165, 1.54) is 0 Å². The molecule has 0 radical (unpaired) electrons. The third-order valence-electron chi connectivity index (χ3n) is 5.50. The molecule has 0 fully saturated rings. The van der Waals surface area contributed by atoms with Gasteiger partial charge in [-0.25, -0.2) is 4.68 Å². The molecule has 0 saturated carbocycles. The Balaban J connectivity index is 1.19. The van der Waals surface area contributed by atoms with Gasteiger partial charge in [-0.3, -0.25) is 19.3 Å². The number of benzene rings is 2. The van der Waals surface area contributed by atoms with Gasteiger partial charge >= 0.3 is 0 Å². The zero-order valence-electron chi connectivity index (χ0n) is 19.0. The largest absolute Gasteiger partial charge is 0.339 e. The maximum absolute atomic E-state index is 12.5. The van der Waals surface area contributed by atoms with E-state index in [0.717, 1.165) is 22.0 Å². The fraction of sp³-hybridized carbons (Fsp3) is 0.120. The van der Waals surface area contributed by atoms with Gasteiger partial charge in [-0.15, -0.1) is 10.2 Å². The first-order valence-corrected chi connectivity index (χ1v) is 10.9. The summed E-state index contributed by atoms with van der Waals surface area (Å²) in [4.78, 5) is 38.3. The molecule has 5 rings (SSSR count). The Hall–Kier alpha value is -4.86. The third-order valence-corrected chi connectivity index (χ3v) is 5.50. The van der Waals surface area contributed by atoms with Gasteiger partial charge in [-0.1, -0.05) is 12.1 Å². The molecule has 3 amide bonds. The van der Waals surface area contributed by atoms with Crippen LogP contribution >= 0.6 is 0 Å². The predicted octanol–water partition coefficient (Wildman–Crippen LogP) is 3.26. The first kappa shape index (κ1) is 22.0. The molecule has 2 aromatic carbocycles. The van der Waals surface area contributed by atoms with Crippen molar-refractivity contribution in [3.63, 3.8) is 0 Å². The average molecular weight is 467 g/mol. The summed E-state index contributed by atoms with van der Waals surface area (Å²) in [5.41, 5.74) is 3.78. The topological polar surface area (TPSA) is 122 Å². The molecule has 0 bridgehead atoms. The fourth-order valence-corrected chi connectivity index (χ4v) is 3.88. The first-order valence-electron chi connectivity index (χ1n) is 10.9. The molecule has 0 aliphatic carbocycles.